The van der Waals surface area contributed by atoms with Crippen LogP contribution in [0.4, 0.5) is 32.2 Å². The number of nitrogens with one attached hydrogen (secondary N) is 3. The molecule has 1 aromatic carbocycles. The molecule has 0 radical (unpaired) electrons. The number of hydrogen-bond acceptors (Lipinski definition) is 4. The zero-order valence-electron chi connectivity index (χ0n) is 15.9. The first-order chi connectivity index (χ1) is 13.3. The van der Waals surface area contributed by atoms with E-state index in [0.717, 1.165) is 0 Å². The third-order valence-corrected chi connectivity index (χ3v) is 4.25. The number of anilines is 1. The van der Waals surface area contributed by atoms with Gasteiger partial charge in [0.2, 0.25) is 0 Å². The predicted octanol–water partition coefficient (Wildman–Crippen LogP) is 5.15. The molecular formula is C19H20F6N4. The van der Waals surface area contributed by atoms with Crippen molar-refractivity contribution < 1.29 is 26.3 Å². The highest BCUT2D eigenvalue weighted by Crippen LogP contribution is 2.36. The van der Waals surface area contributed by atoms with Crippen LogP contribution in [0.5, 0.6) is 0 Å². The van der Waals surface area contributed by atoms with Gasteiger partial charge in [0.05, 0.1) is 11.1 Å². The van der Waals surface area contributed by atoms with Crippen LogP contribution in [0, 0.1) is 12.3 Å². The summed E-state index contributed by atoms with van der Waals surface area (Å²) < 4.78 is 77.7. The molecule has 1 aromatic heterocycles. The highest BCUT2D eigenvalue weighted by Gasteiger charge is 2.36. The maximum Gasteiger partial charge on any atom is 0.416 e. The normalized spacial score (nSPS) is 12.2. The topological polar surface area (TPSA) is 60.8 Å². The van der Waals surface area contributed by atoms with Crippen LogP contribution >= 0.6 is 0 Å². The Hall–Kier alpha value is -2.62. The second-order valence-corrected chi connectivity index (χ2v) is 6.52. The summed E-state index contributed by atoms with van der Waals surface area (Å²) in [5, 5.41) is 13.5. The number of rotatable bonds is 6. The molecule has 3 N–H and O–H groups in total. The van der Waals surface area contributed by atoms with Gasteiger partial charge in [-0.15, -0.1) is 0 Å². The smallest absolute Gasteiger partial charge is 0.373 e. The van der Waals surface area contributed by atoms with Gasteiger partial charge in [-0.05, 0) is 49.2 Å². The molecule has 10 heteroatoms. The van der Waals surface area contributed by atoms with Crippen LogP contribution in [0.1, 0.15) is 40.4 Å². The van der Waals surface area contributed by atoms with Gasteiger partial charge in [-0.2, -0.15) is 26.3 Å². The first-order valence-electron chi connectivity index (χ1n) is 8.55. The van der Waals surface area contributed by atoms with E-state index >= 15 is 0 Å². The molecule has 0 amide bonds. The second kappa shape index (κ2) is 8.40. The van der Waals surface area contributed by atoms with E-state index in [0.29, 0.717) is 34.8 Å². The van der Waals surface area contributed by atoms with Crippen molar-refractivity contribution in [3.05, 3.63) is 57.8 Å². The first-order valence-corrected chi connectivity index (χ1v) is 8.55. The van der Waals surface area contributed by atoms with Gasteiger partial charge in [-0.25, -0.2) is 4.98 Å². The van der Waals surface area contributed by atoms with Crippen molar-refractivity contribution in [3.8, 4) is 0 Å². The highest BCUT2D eigenvalue weighted by molar-refractivity contribution is 6.00. The molecule has 4 nitrogen and oxygen atoms in total. The summed E-state index contributed by atoms with van der Waals surface area (Å²) in [7, 11) is 1.66. The van der Waals surface area contributed by atoms with Gasteiger partial charge in [0, 0.05) is 37.1 Å². The maximum absolute atomic E-state index is 12.9. The number of aromatic nitrogens is 1. The van der Waals surface area contributed by atoms with E-state index in [1.54, 1.807) is 27.0 Å². The van der Waals surface area contributed by atoms with Crippen molar-refractivity contribution in [2.75, 3.05) is 12.4 Å². The molecule has 0 fully saturated rings. The number of aryl methyl sites for hydroxylation is 1. The van der Waals surface area contributed by atoms with E-state index in [2.05, 4.69) is 15.6 Å². The van der Waals surface area contributed by atoms with E-state index in [-0.39, 0.29) is 30.4 Å². The van der Waals surface area contributed by atoms with Crippen LogP contribution in [-0.2, 0) is 25.4 Å². The minimum Gasteiger partial charge on any atom is -0.373 e. The minimum atomic E-state index is -4.88. The van der Waals surface area contributed by atoms with E-state index < -0.39 is 23.5 Å². The lowest BCUT2D eigenvalue weighted by Gasteiger charge is -2.16. The Labute approximate surface area is 163 Å². The van der Waals surface area contributed by atoms with Gasteiger partial charge in [0.25, 0.3) is 0 Å². The fourth-order valence-electron chi connectivity index (χ4n) is 2.77. The lowest BCUT2D eigenvalue weighted by atomic mass is 10.0. The quantitative estimate of drug-likeness (QED) is 0.449. The lowest BCUT2D eigenvalue weighted by molar-refractivity contribution is -0.143. The minimum absolute atomic E-state index is 0.104. The number of alkyl halides is 6. The molecule has 2 aromatic rings. The SMILES string of the molecule is CNc1nc(C)c(CNCc2cc(C(F)(F)F)cc(C(F)(F)F)c2)cc1C(C)=N. The zero-order chi connectivity index (χ0) is 22.0. The number of halogens is 6. The molecule has 0 saturated heterocycles. The van der Waals surface area contributed by atoms with Crippen molar-refractivity contribution in [1.29, 1.82) is 5.41 Å². The summed E-state index contributed by atoms with van der Waals surface area (Å²) in [5.74, 6) is 0.520. The molecule has 0 aliphatic carbocycles. The summed E-state index contributed by atoms with van der Waals surface area (Å²) >= 11 is 0. The summed E-state index contributed by atoms with van der Waals surface area (Å²) in [6, 6.07) is 3.22. The van der Waals surface area contributed by atoms with Crippen molar-refractivity contribution in [1.82, 2.24) is 10.3 Å². The third-order valence-electron chi connectivity index (χ3n) is 4.25. The second-order valence-electron chi connectivity index (χ2n) is 6.52. The molecular weight excluding hydrogens is 398 g/mol. The van der Waals surface area contributed by atoms with Gasteiger partial charge in [-0.3, -0.25) is 0 Å². The fraction of sp³-hybridized carbons (Fsp3) is 0.368. The Bertz CT molecular complexity index is 871. The monoisotopic (exact) mass is 418 g/mol. The summed E-state index contributed by atoms with van der Waals surface area (Å²) in [6.07, 6.45) is -9.76. The molecule has 0 bridgehead atoms. The Morgan fingerprint density at radius 2 is 1.52 bits per heavy atom. The average molecular weight is 418 g/mol. The molecule has 158 valence electrons. The maximum atomic E-state index is 12.9. The molecule has 0 aliphatic heterocycles. The van der Waals surface area contributed by atoms with Gasteiger partial charge in [0.1, 0.15) is 5.82 Å². The Morgan fingerprint density at radius 3 is 1.97 bits per heavy atom. The highest BCUT2D eigenvalue weighted by atomic mass is 19.4. The van der Waals surface area contributed by atoms with E-state index in [1.807, 2.05) is 0 Å². The Balaban J connectivity index is 2.24. The van der Waals surface area contributed by atoms with Crippen molar-refractivity contribution >= 4 is 11.5 Å². The number of hydrogen-bond donors (Lipinski definition) is 3. The lowest BCUT2D eigenvalue weighted by Crippen LogP contribution is -2.17. The summed E-state index contributed by atoms with van der Waals surface area (Å²) in [6.45, 7) is 3.29. The van der Waals surface area contributed by atoms with Gasteiger partial charge >= 0.3 is 12.4 Å². The van der Waals surface area contributed by atoms with Crippen molar-refractivity contribution in [2.24, 2.45) is 0 Å². The van der Waals surface area contributed by atoms with E-state index in [1.165, 1.54) is 0 Å². The fourth-order valence-corrected chi connectivity index (χ4v) is 2.77. The standard InChI is InChI=1S/C19H20F6N4/c1-10(26)16-6-13(11(2)29-17(16)27-3)9-28-8-12-4-14(18(20,21)22)7-15(5-12)19(23,24)25/h4-7,26,28H,8-9H2,1-3H3,(H,27,29). The van der Waals surface area contributed by atoms with Crippen molar-refractivity contribution in [3.63, 3.8) is 0 Å². The van der Waals surface area contributed by atoms with Crippen molar-refractivity contribution in [2.45, 2.75) is 39.3 Å². The van der Waals surface area contributed by atoms with E-state index in [9.17, 15) is 26.3 Å². The predicted molar refractivity (Wildman–Crippen MR) is 98.0 cm³/mol. The average Bonchev–Trinajstić information content (AvgIpc) is 2.60. The molecule has 2 rings (SSSR count). The summed E-state index contributed by atoms with van der Waals surface area (Å²) in [4.78, 5) is 4.34. The van der Waals surface area contributed by atoms with Gasteiger partial charge < -0.3 is 16.0 Å². The van der Waals surface area contributed by atoms with Crippen LogP contribution in [0.2, 0.25) is 0 Å². The third kappa shape index (κ3) is 5.69. The largest absolute Gasteiger partial charge is 0.416 e. The van der Waals surface area contributed by atoms with Crippen LogP contribution in [0.15, 0.2) is 24.3 Å². The van der Waals surface area contributed by atoms with Crippen LogP contribution in [-0.4, -0.2) is 17.7 Å². The Morgan fingerprint density at radius 1 is 0.966 bits per heavy atom. The Kier molecular flexibility index (Phi) is 6.56. The molecule has 0 saturated carbocycles. The van der Waals surface area contributed by atoms with E-state index in [4.69, 9.17) is 5.41 Å². The van der Waals surface area contributed by atoms with Gasteiger partial charge in [0.15, 0.2) is 0 Å². The molecule has 0 aliphatic rings. The number of benzene rings is 1. The molecule has 0 atom stereocenters. The molecule has 29 heavy (non-hydrogen) atoms. The van der Waals surface area contributed by atoms with Gasteiger partial charge in [-0.1, -0.05) is 0 Å². The number of nitrogens with zero attached hydrogens (tertiary/aromatic N) is 1. The van der Waals surface area contributed by atoms with Crippen LogP contribution in [0.25, 0.3) is 0 Å². The molecule has 0 unspecified atom stereocenters. The molecule has 0 spiro atoms. The number of pyridine rings is 1. The summed E-state index contributed by atoms with van der Waals surface area (Å²) in [5.41, 5.74) is -0.665. The first kappa shape index (κ1) is 22.7. The zero-order valence-corrected chi connectivity index (χ0v) is 15.9. The molecule has 1 heterocycles. The van der Waals surface area contributed by atoms with Crippen LogP contribution < -0.4 is 10.6 Å². The van der Waals surface area contributed by atoms with Crippen LogP contribution in [0.3, 0.4) is 0 Å².